The van der Waals surface area contributed by atoms with E-state index < -0.39 is 44.9 Å². The quantitative estimate of drug-likeness (QED) is 0.670. The van der Waals surface area contributed by atoms with Crippen LogP contribution in [0.15, 0.2) is 41.3 Å². The van der Waals surface area contributed by atoms with E-state index in [1.54, 1.807) is 12.1 Å². The smallest absolute Gasteiger partial charge is 0.262 e. The highest BCUT2D eigenvalue weighted by Crippen LogP contribution is 2.33. The van der Waals surface area contributed by atoms with Crippen LogP contribution in [0.4, 0.5) is 0 Å². The molecule has 2 heterocycles. The summed E-state index contributed by atoms with van der Waals surface area (Å²) in [7, 11) is -3.75. The maximum absolute atomic E-state index is 13.4. The number of nitrogens with one attached hydrogen (secondary N) is 1. The molecule has 0 aromatic heterocycles. The van der Waals surface area contributed by atoms with Gasteiger partial charge in [0.2, 0.25) is 11.8 Å². The Morgan fingerprint density at radius 2 is 1.65 bits per heavy atom. The third-order valence-electron chi connectivity index (χ3n) is 6.14. The van der Waals surface area contributed by atoms with Crippen LogP contribution in [0.5, 0.6) is 0 Å². The van der Waals surface area contributed by atoms with Crippen LogP contribution < -0.4 is 5.32 Å². The summed E-state index contributed by atoms with van der Waals surface area (Å²) in [4.78, 5) is 50.7. The van der Waals surface area contributed by atoms with Crippen molar-refractivity contribution in [2.24, 2.45) is 0 Å². The van der Waals surface area contributed by atoms with Gasteiger partial charge in [0.25, 0.3) is 11.8 Å². The lowest BCUT2D eigenvalue weighted by atomic mass is 9.86. The molecule has 0 spiro atoms. The number of imide groups is 2. The molecule has 0 saturated carbocycles. The van der Waals surface area contributed by atoms with Crippen LogP contribution in [0.1, 0.15) is 71.0 Å². The van der Waals surface area contributed by atoms with Gasteiger partial charge in [0.1, 0.15) is 6.04 Å². The number of rotatable bonds is 4. The molecule has 1 fully saturated rings. The molecule has 2 aromatic rings. The summed E-state index contributed by atoms with van der Waals surface area (Å²) >= 11 is 0. The van der Waals surface area contributed by atoms with E-state index in [4.69, 9.17) is 0 Å². The highest BCUT2D eigenvalue weighted by Gasteiger charge is 2.44. The van der Waals surface area contributed by atoms with Crippen molar-refractivity contribution in [2.75, 3.05) is 0 Å². The number of hydrogen-bond acceptors (Lipinski definition) is 6. The fourth-order valence-electron chi connectivity index (χ4n) is 4.41. The second-order valence-electron chi connectivity index (χ2n) is 9.84. The van der Waals surface area contributed by atoms with Gasteiger partial charge in [-0.25, -0.2) is 8.42 Å². The molecular formula is C25H26N2O6S. The van der Waals surface area contributed by atoms with E-state index in [-0.39, 0.29) is 34.6 Å². The molecule has 34 heavy (non-hydrogen) atoms. The first kappa shape index (κ1) is 23.8. The highest BCUT2D eigenvalue weighted by molar-refractivity contribution is 7.90. The Kier molecular flexibility index (Phi) is 5.72. The number of benzene rings is 2. The van der Waals surface area contributed by atoms with Gasteiger partial charge in [0.15, 0.2) is 9.84 Å². The Hall–Kier alpha value is -3.33. The molecule has 4 rings (SSSR count). The zero-order valence-corrected chi connectivity index (χ0v) is 20.3. The molecule has 0 radical (unpaired) electrons. The van der Waals surface area contributed by atoms with Gasteiger partial charge in [0.05, 0.1) is 21.8 Å². The van der Waals surface area contributed by atoms with E-state index in [0.29, 0.717) is 11.1 Å². The summed E-state index contributed by atoms with van der Waals surface area (Å²) in [6.45, 7) is 7.75. The molecule has 2 aromatic carbocycles. The largest absolute Gasteiger partial charge is 0.295 e. The molecule has 0 aliphatic carbocycles. The molecule has 2 aliphatic heterocycles. The van der Waals surface area contributed by atoms with E-state index >= 15 is 0 Å². The molecule has 0 bridgehead atoms. The number of aryl methyl sites for hydroxylation is 1. The molecule has 1 unspecified atom stereocenters. The first-order valence-electron chi connectivity index (χ1n) is 11.0. The van der Waals surface area contributed by atoms with Crippen molar-refractivity contribution in [3.05, 3.63) is 64.2 Å². The number of carbonyl (C=O) groups excluding carboxylic acids is 4. The van der Waals surface area contributed by atoms with Crippen LogP contribution in [0.3, 0.4) is 0 Å². The Balaban J connectivity index is 1.66. The van der Waals surface area contributed by atoms with Gasteiger partial charge >= 0.3 is 0 Å². The number of nitrogens with zero attached hydrogens (tertiary/aromatic N) is 1. The zero-order chi connectivity index (χ0) is 25.0. The molecule has 178 valence electrons. The Morgan fingerprint density at radius 3 is 2.29 bits per heavy atom. The SMILES string of the molecule is Cc1ccc(S(=O)(=O)Cc2ccc3c(c2)C(=O)N(C2CCC(=O)NC2=O)C3=O)c(C(C)(C)C)c1. The van der Waals surface area contributed by atoms with Gasteiger partial charge < -0.3 is 0 Å². The summed E-state index contributed by atoms with van der Waals surface area (Å²) in [5.41, 5.74) is 1.81. The van der Waals surface area contributed by atoms with Crippen LogP contribution in [-0.2, 0) is 30.6 Å². The number of carbonyl (C=O) groups is 4. The molecule has 1 saturated heterocycles. The lowest BCUT2D eigenvalue weighted by Crippen LogP contribution is -2.54. The van der Waals surface area contributed by atoms with Crippen LogP contribution in [0.2, 0.25) is 0 Å². The topological polar surface area (TPSA) is 118 Å². The molecule has 1 N–H and O–H groups in total. The summed E-state index contributed by atoms with van der Waals surface area (Å²) in [5, 5.41) is 2.15. The van der Waals surface area contributed by atoms with Crippen LogP contribution >= 0.6 is 0 Å². The summed E-state index contributed by atoms with van der Waals surface area (Å²) < 4.78 is 26.7. The van der Waals surface area contributed by atoms with E-state index in [9.17, 15) is 27.6 Å². The Labute approximate surface area is 198 Å². The van der Waals surface area contributed by atoms with E-state index in [1.807, 2.05) is 33.8 Å². The Morgan fingerprint density at radius 1 is 0.971 bits per heavy atom. The van der Waals surface area contributed by atoms with Crippen molar-refractivity contribution in [3.8, 4) is 0 Å². The first-order valence-corrected chi connectivity index (χ1v) is 12.6. The van der Waals surface area contributed by atoms with Crippen molar-refractivity contribution in [1.29, 1.82) is 0 Å². The van der Waals surface area contributed by atoms with Gasteiger partial charge in [-0.1, -0.05) is 44.5 Å². The Bertz CT molecular complexity index is 1350. The minimum absolute atomic E-state index is 0.0277. The summed E-state index contributed by atoms with van der Waals surface area (Å²) in [6, 6.07) is 8.51. The monoisotopic (exact) mass is 482 g/mol. The minimum Gasteiger partial charge on any atom is -0.295 e. The van der Waals surface area contributed by atoms with E-state index in [1.165, 1.54) is 18.2 Å². The summed E-state index contributed by atoms with van der Waals surface area (Å²) in [6.07, 6.45) is 0.0837. The van der Waals surface area contributed by atoms with Gasteiger partial charge in [0, 0.05) is 6.42 Å². The molecule has 9 heteroatoms. The van der Waals surface area contributed by atoms with Crippen molar-refractivity contribution in [1.82, 2.24) is 10.2 Å². The van der Waals surface area contributed by atoms with Crippen LogP contribution in [0, 0.1) is 6.92 Å². The van der Waals surface area contributed by atoms with Gasteiger partial charge in [-0.2, -0.15) is 0 Å². The highest BCUT2D eigenvalue weighted by atomic mass is 32.2. The third-order valence-corrected chi connectivity index (χ3v) is 7.88. The first-order chi connectivity index (χ1) is 15.8. The van der Waals surface area contributed by atoms with Gasteiger partial charge in [-0.05, 0) is 48.1 Å². The van der Waals surface area contributed by atoms with Gasteiger partial charge in [-0.15, -0.1) is 0 Å². The number of piperidine rings is 1. The number of hydrogen-bond donors (Lipinski definition) is 1. The van der Waals surface area contributed by atoms with Gasteiger partial charge in [-0.3, -0.25) is 29.4 Å². The van der Waals surface area contributed by atoms with Crippen molar-refractivity contribution >= 4 is 33.5 Å². The normalized spacial score (nSPS) is 18.8. The predicted molar refractivity (Wildman–Crippen MR) is 124 cm³/mol. The third kappa shape index (κ3) is 4.16. The fraction of sp³-hybridized carbons (Fsp3) is 0.360. The number of amides is 4. The average Bonchev–Trinajstić information content (AvgIpc) is 2.97. The standard InChI is InChI=1S/C25H26N2O6S/c1-14-5-9-20(18(11-14)25(2,3)4)34(32,33)13-15-6-7-16-17(12-15)24(31)27(23(16)30)19-8-10-21(28)26-22(19)29/h5-7,9,11-12,19H,8,10,13H2,1-4H3,(H,26,28,29). The molecule has 8 nitrogen and oxygen atoms in total. The van der Waals surface area contributed by atoms with E-state index in [2.05, 4.69) is 5.32 Å². The van der Waals surface area contributed by atoms with Crippen molar-refractivity contribution < 1.29 is 27.6 Å². The molecule has 2 aliphatic rings. The van der Waals surface area contributed by atoms with Crippen LogP contribution in [-0.4, -0.2) is 43.0 Å². The fourth-order valence-corrected chi connectivity index (χ4v) is 6.16. The minimum atomic E-state index is -3.75. The van der Waals surface area contributed by atoms with Crippen molar-refractivity contribution in [3.63, 3.8) is 0 Å². The van der Waals surface area contributed by atoms with Crippen molar-refractivity contribution in [2.45, 2.75) is 62.6 Å². The lowest BCUT2D eigenvalue weighted by molar-refractivity contribution is -0.136. The predicted octanol–water partition coefficient (Wildman–Crippen LogP) is 2.67. The molecular weight excluding hydrogens is 456 g/mol. The second kappa shape index (κ2) is 8.16. The number of fused-ring (bicyclic) bond motifs is 1. The molecule has 1 atom stereocenters. The van der Waals surface area contributed by atoms with E-state index in [0.717, 1.165) is 10.5 Å². The second-order valence-corrected chi connectivity index (χ2v) is 11.8. The number of sulfone groups is 1. The average molecular weight is 483 g/mol. The zero-order valence-electron chi connectivity index (χ0n) is 19.5. The van der Waals surface area contributed by atoms with Crippen LogP contribution in [0.25, 0.3) is 0 Å². The summed E-state index contributed by atoms with van der Waals surface area (Å²) in [5.74, 6) is -2.78. The maximum atomic E-state index is 13.4. The molecule has 4 amide bonds. The maximum Gasteiger partial charge on any atom is 0.262 e. The lowest BCUT2D eigenvalue weighted by Gasteiger charge is -2.27.